The lowest BCUT2D eigenvalue weighted by Crippen LogP contribution is -2.01. The molecule has 2 rings (SSSR count). The Kier molecular flexibility index (Phi) is 0.405. The van der Waals surface area contributed by atoms with Gasteiger partial charge in [-0.25, -0.2) is 9.34 Å². The number of rotatable bonds is 2. The summed E-state index contributed by atoms with van der Waals surface area (Å²) in [6, 6.07) is 0. The molecule has 0 aromatic heterocycles. The molecule has 52 valence electrons. The van der Waals surface area contributed by atoms with Gasteiger partial charge in [-0.3, -0.25) is 4.57 Å². The first-order valence-corrected chi connectivity index (χ1v) is 3.89. The van der Waals surface area contributed by atoms with E-state index in [-0.39, 0.29) is 0 Å². The Morgan fingerprint density at radius 2 is 1.78 bits per heavy atom. The summed E-state index contributed by atoms with van der Waals surface area (Å²) in [7, 11) is -4.43. The lowest BCUT2D eigenvalue weighted by atomic mass is 11.0. The van der Waals surface area contributed by atoms with E-state index in [1.54, 1.807) is 0 Å². The SMILES string of the molecule is [2H]C1N(P(=O)(O)N2C([2H])C2([2H])[2H])C1([2H])[2H]. The highest BCUT2D eigenvalue weighted by molar-refractivity contribution is 7.53. The molecular formula is C4H9N2O2P. The number of hydrogen-bond donors (Lipinski definition) is 1. The van der Waals surface area contributed by atoms with Crippen LogP contribution in [0.4, 0.5) is 0 Å². The van der Waals surface area contributed by atoms with Gasteiger partial charge in [0.15, 0.2) is 0 Å². The zero-order valence-corrected chi connectivity index (χ0v) is 5.25. The van der Waals surface area contributed by atoms with Gasteiger partial charge >= 0.3 is 7.67 Å². The van der Waals surface area contributed by atoms with E-state index in [1.807, 2.05) is 0 Å². The second-order valence-electron chi connectivity index (χ2n) is 1.72. The minimum atomic E-state index is -4.43. The molecule has 5 heteroatoms. The smallest absolute Gasteiger partial charge is 0.322 e. The molecule has 9 heavy (non-hydrogen) atoms. The third-order valence-corrected chi connectivity index (χ3v) is 2.64. The van der Waals surface area contributed by atoms with Crippen LogP contribution in [0.5, 0.6) is 0 Å². The van der Waals surface area contributed by atoms with E-state index < -0.39 is 33.7 Å². The molecule has 0 aromatic rings. The molecule has 0 amide bonds. The first kappa shape index (κ1) is 2.31. The highest BCUT2D eigenvalue weighted by Gasteiger charge is 2.46. The van der Waals surface area contributed by atoms with Gasteiger partial charge in [-0.15, -0.1) is 0 Å². The standard InChI is InChI=1S/C4H9N2O2P/c7-9(8,5-1-2-5)6-3-4-6/h1-4H2,(H,7,8)/i1D,2D2,3D,4D2. The summed E-state index contributed by atoms with van der Waals surface area (Å²) < 4.78 is 55.3. The van der Waals surface area contributed by atoms with Crippen LogP contribution in [0.3, 0.4) is 0 Å². The average molecular weight is 154 g/mol. The third kappa shape index (κ3) is 0.923. The van der Waals surface area contributed by atoms with Crippen LogP contribution in [0.15, 0.2) is 0 Å². The molecule has 2 aliphatic heterocycles. The Balaban J connectivity index is 2.21. The second kappa shape index (κ2) is 1.58. The van der Waals surface area contributed by atoms with Crippen molar-refractivity contribution in [1.29, 1.82) is 0 Å². The van der Waals surface area contributed by atoms with Crippen LogP contribution in [-0.2, 0) is 4.57 Å². The topological polar surface area (TPSA) is 43.3 Å². The summed E-state index contributed by atoms with van der Waals surface area (Å²) in [5.41, 5.74) is 0. The summed E-state index contributed by atoms with van der Waals surface area (Å²) in [5.74, 6) is 0. The highest BCUT2D eigenvalue weighted by atomic mass is 31.2. The fourth-order valence-corrected chi connectivity index (χ4v) is 1.37. The van der Waals surface area contributed by atoms with Gasteiger partial charge in [0.25, 0.3) is 0 Å². The number of nitrogens with zero attached hydrogens (tertiary/aromatic N) is 2. The first-order chi connectivity index (χ1) is 6.55. The van der Waals surface area contributed by atoms with E-state index in [0.29, 0.717) is 9.34 Å². The van der Waals surface area contributed by atoms with Crippen LogP contribution in [0, 0.1) is 0 Å². The Bertz CT molecular complexity index is 333. The number of hydrogen-bond acceptors (Lipinski definition) is 1. The molecule has 0 bridgehead atoms. The van der Waals surface area contributed by atoms with Crippen molar-refractivity contribution in [2.45, 2.75) is 0 Å². The van der Waals surface area contributed by atoms with Crippen molar-refractivity contribution in [2.24, 2.45) is 0 Å². The zero-order valence-electron chi connectivity index (χ0n) is 10.4. The fraction of sp³-hybridized carbons (Fsp3) is 1.00. The van der Waals surface area contributed by atoms with Gasteiger partial charge in [-0.1, -0.05) is 0 Å². The second-order valence-corrected chi connectivity index (χ2v) is 3.61. The molecule has 4 atom stereocenters. The maximum Gasteiger partial charge on any atom is 0.343 e. The van der Waals surface area contributed by atoms with Gasteiger partial charge < -0.3 is 4.89 Å². The van der Waals surface area contributed by atoms with Crippen LogP contribution >= 0.6 is 7.67 Å². The average Bonchev–Trinajstić information content (AvgIpc) is 2.68. The minimum Gasteiger partial charge on any atom is -0.322 e. The molecule has 0 radical (unpaired) electrons. The van der Waals surface area contributed by atoms with Crippen LogP contribution in [0.2, 0.25) is 0 Å². The maximum absolute atomic E-state index is 11.7. The third-order valence-electron chi connectivity index (χ3n) is 1.05. The van der Waals surface area contributed by atoms with E-state index in [1.165, 1.54) is 0 Å². The largest absolute Gasteiger partial charge is 0.343 e. The molecule has 2 fully saturated rings. The van der Waals surface area contributed by atoms with Crippen molar-refractivity contribution < 1.29 is 17.7 Å². The van der Waals surface area contributed by atoms with Crippen molar-refractivity contribution >= 4 is 7.67 Å². The predicted octanol–water partition coefficient (Wildman–Crippen LogP) is -0.282. The Morgan fingerprint density at radius 3 is 2.00 bits per heavy atom. The van der Waals surface area contributed by atoms with Crippen LogP contribution in [0.1, 0.15) is 8.22 Å². The van der Waals surface area contributed by atoms with Crippen LogP contribution in [0.25, 0.3) is 0 Å². The van der Waals surface area contributed by atoms with Crippen molar-refractivity contribution in [3.63, 3.8) is 0 Å². The summed E-state index contributed by atoms with van der Waals surface area (Å²) >= 11 is 0. The summed E-state index contributed by atoms with van der Waals surface area (Å²) in [5, 5.41) is 0. The Labute approximate surface area is 62.1 Å². The van der Waals surface area contributed by atoms with Crippen LogP contribution in [-0.4, -0.2) is 40.3 Å². The molecule has 0 aromatic carbocycles. The van der Waals surface area contributed by atoms with Crippen molar-refractivity contribution in [3.05, 3.63) is 0 Å². The van der Waals surface area contributed by atoms with Gasteiger partial charge in [-0.2, -0.15) is 0 Å². The van der Waals surface area contributed by atoms with E-state index in [0.717, 1.165) is 0 Å². The molecule has 4 unspecified atom stereocenters. The normalized spacial score (nSPS) is 83.2. The van der Waals surface area contributed by atoms with Gasteiger partial charge in [0.05, 0.1) is 0 Å². The molecule has 2 saturated heterocycles. The lowest BCUT2D eigenvalue weighted by molar-refractivity contribution is 0.404. The molecule has 0 aliphatic carbocycles. The lowest BCUT2D eigenvalue weighted by Gasteiger charge is -2.10. The predicted molar refractivity (Wildman–Crippen MR) is 33.0 cm³/mol. The minimum absolute atomic E-state index is 0.381. The highest BCUT2D eigenvalue weighted by Crippen LogP contribution is 2.56. The van der Waals surface area contributed by atoms with Gasteiger partial charge in [-0.05, 0) is 0 Å². The molecular weight excluding hydrogens is 139 g/mol. The van der Waals surface area contributed by atoms with Gasteiger partial charge in [0.1, 0.15) is 0 Å². The van der Waals surface area contributed by atoms with E-state index in [2.05, 4.69) is 0 Å². The quantitative estimate of drug-likeness (QED) is 0.438. The fourth-order valence-electron chi connectivity index (χ4n) is 0.456. The van der Waals surface area contributed by atoms with Crippen LogP contribution < -0.4 is 0 Å². The van der Waals surface area contributed by atoms with E-state index >= 15 is 0 Å². The van der Waals surface area contributed by atoms with Gasteiger partial charge in [0.2, 0.25) is 0 Å². The molecule has 2 aliphatic rings. The van der Waals surface area contributed by atoms with Crippen molar-refractivity contribution in [2.75, 3.05) is 26.0 Å². The molecule has 4 nitrogen and oxygen atoms in total. The van der Waals surface area contributed by atoms with Gasteiger partial charge in [0, 0.05) is 34.3 Å². The molecule has 0 saturated carbocycles. The van der Waals surface area contributed by atoms with Crippen molar-refractivity contribution in [3.8, 4) is 0 Å². The molecule has 2 heterocycles. The summed E-state index contributed by atoms with van der Waals surface area (Å²) in [4.78, 5) is 9.49. The molecule has 1 N–H and O–H groups in total. The first-order valence-electron chi connectivity index (χ1n) is 5.48. The Hall–Kier alpha value is 0.110. The summed E-state index contributed by atoms with van der Waals surface area (Å²) in [6.07, 6.45) is 0. The van der Waals surface area contributed by atoms with Crippen molar-refractivity contribution in [1.82, 2.24) is 9.34 Å². The Morgan fingerprint density at radius 1 is 1.44 bits per heavy atom. The molecule has 0 spiro atoms. The van der Waals surface area contributed by atoms with E-state index in [9.17, 15) is 9.46 Å². The summed E-state index contributed by atoms with van der Waals surface area (Å²) in [6.45, 7) is -7.39. The zero-order chi connectivity index (χ0) is 11.8. The monoisotopic (exact) mass is 154 g/mol. The maximum atomic E-state index is 11.7. The van der Waals surface area contributed by atoms with E-state index in [4.69, 9.17) is 8.22 Å².